The van der Waals surface area contributed by atoms with Gasteiger partial charge in [-0.15, -0.1) is 0 Å². The third kappa shape index (κ3) is 4.34. The number of anilines is 1. The summed E-state index contributed by atoms with van der Waals surface area (Å²) in [5, 5.41) is 3.46. The first-order chi connectivity index (χ1) is 12.4. The van der Waals surface area contributed by atoms with Crippen LogP contribution in [0.3, 0.4) is 0 Å². The molecular weight excluding hydrogens is 373 g/mol. The van der Waals surface area contributed by atoms with Gasteiger partial charge in [-0.25, -0.2) is 0 Å². The maximum Gasteiger partial charge on any atom is 0.274 e. The van der Waals surface area contributed by atoms with E-state index in [1.165, 1.54) is 12.3 Å². The average Bonchev–Trinajstić information content (AvgIpc) is 2.65. The first-order valence-electron chi connectivity index (χ1n) is 8.46. The van der Waals surface area contributed by atoms with E-state index in [0.29, 0.717) is 27.2 Å². The predicted octanol–water partition coefficient (Wildman–Crippen LogP) is 4.51. The minimum absolute atomic E-state index is 0.0668. The number of carbonyl (C=O) groups is 2. The molecule has 0 unspecified atom stereocenters. The second-order valence-corrected chi connectivity index (χ2v) is 7.30. The van der Waals surface area contributed by atoms with Crippen LogP contribution in [0.15, 0.2) is 36.5 Å². The highest BCUT2D eigenvalue weighted by Crippen LogP contribution is 2.25. The van der Waals surface area contributed by atoms with Crippen LogP contribution in [0, 0.1) is 5.92 Å². The van der Waals surface area contributed by atoms with Gasteiger partial charge in [-0.2, -0.15) is 0 Å². The van der Waals surface area contributed by atoms with Crippen LogP contribution in [0.1, 0.15) is 40.6 Å². The van der Waals surface area contributed by atoms with Gasteiger partial charge in [0.1, 0.15) is 5.69 Å². The SMILES string of the molecule is CC1CCN(C(=O)c2ccnc(C(=O)Nc3ccc(Cl)c(Cl)c3)c2)CC1. The van der Waals surface area contributed by atoms with Crippen molar-refractivity contribution in [3.8, 4) is 0 Å². The van der Waals surface area contributed by atoms with Crippen molar-refractivity contribution < 1.29 is 9.59 Å². The topological polar surface area (TPSA) is 62.3 Å². The smallest absolute Gasteiger partial charge is 0.274 e. The highest BCUT2D eigenvalue weighted by atomic mass is 35.5. The van der Waals surface area contributed by atoms with Crippen LogP contribution in [0.4, 0.5) is 5.69 Å². The van der Waals surface area contributed by atoms with Crippen molar-refractivity contribution in [2.75, 3.05) is 18.4 Å². The largest absolute Gasteiger partial charge is 0.339 e. The molecule has 0 bridgehead atoms. The zero-order chi connectivity index (χ0) is 18.7. The number of hydrogen-bond donors (Lipinski definition) is 1. The fraction of sp³-hybridized carbons (Fsp3) is 0.316. The summed E-state index contributed by atoms with van der Waals surface area (Å²) in [5.74, 6) is 0.164. The third-order valence-corrected chi connectivity index (χ3v) is 5.23. The zero-order valence-corrected chi connectivity index (χ0v) is 15.8. The summed E-state index contributed by atoms with van der Waals surface area (Å²) in [6.07, 6.45) is 3.48. The molecule has 2 aromatic rings. The Kier molecular flexibility index (Phi) is 5.79. The van der Waals surface area contributed by atoms with E-state index in [4.69, 9.17) is 23.2 Å². The number of aromatic nitrogens is 1. The van der Waals surface area contributed by atoms with Crippen LogP contribution >= 0.6 is 23.2 Å². The summed E-state index contributed by atoms with van der Waals surface area (Å²) >= 11 is 11.8. The molecule has 7 heteroatoms. The molecule has 1 fully saturated rings. The van der Waals surface area contributed by atoms with Crippen LogP contribution in [0.25, 0.3) is 0 Å². The van der Waals surface area contributed by atoms with E-state index < -0.39 is 5.91 Å². The van der Waals surface area contributed by atoms with Gasteiger partial charge in [-0.05, 0) is 49.1 Å². The zero-order valence-electron chi connectivity index (χ0n) is 14.3. The standard InChI is InChI=1S/C19H19Cl2N3O2/c1-12-5-8-24(9-6-12)19(26)13-4-7-22-17(10-13)18(25)23-14-2-3-15(20)16(21)11-14/h2-4,7,10-12H,5-6,8-9H2,1H3,(H,23,25). The van der Waals surface area contributed by atoms with E-state index >= 15 is 0 Å². The Balaban J connectivity index is 1.72. The summed E-state index contributed by atoms with van der Waals surface area (Å²) in [7, 11) is 0. The number of carbonyl (C=O) groups excluding carboxylic acids is 2. The van der Waals surface area contributed by atoms with E-state index in [2.05, 4.69) is 17.2 Å². The van der Waals surface area contributed by atoms with Crippen molar-refractivity contribution >= 4 is 40.7 Å². The second kappa shape index (κ2) is 8.06. The molecule has 0 saturated carbocycles. The number of benzene rings is 1. The number of hydrogen-bond acceptors (Lipinski definition) is 3. The molecule has 2 heterocycles. The Morgan fingerprint density at radius 2 is 1.85 bits per heavy atom. The highest BCUT2D eigenvalue weighted by Gasteiger charge is 2.22. The molecule has 26 heavy (non-hydrogen) atoms. The van der Waals surface area contributed by atoms with Crippen LogP contribution in [0.5, 0.6) is 0 Å². The van der Waals surface area contributed by atoms with Gasteiger partial charge in [0.25, 0.3) is 11.8 Å². The molecule has 0 atom stereocenters. The number of amides is 2. The molecule has 1 aliphatic heterocycles. The highest BCUT2D eigenvalue weighted by molar-refractivity contribution is 6.42. The molecule has 0 aliphatic carbocycles. The summed E-state index contributed by atoms with van der Waals surface area (Å²) in [5.41, 5.74) is 1.15. The molecule has 0 spiro atoms. The lowest BCUT2D eigenvalue weighted by Gasteiger charge is -2.30. The summed E-state index contributed by atoms with van der Waals surface area (Å²) < 4.78 is 0. The Bertz CT molecular complexity index is 833. The van der Waals surface area contributed by atoms with Gasteiger partial charge < -0.3 is 10.2 Å². The Morgan fingerprint density at radius 1 is 1.12 bits per heavy atom. The Labute approximate surface area is 162 Å². The van der Waals surface area contributed by atoms with Crippen LogP contribution in [-0.4, -0.2) is 34.8 Å². The summed E-state index contributed by atoms with van der Waals surface area (Å²) in [6.45, 7) is 3.68. The first kappa shape index (κ1) is 18.7. The van der Waals surface area contributed by atoms with Gasteiger partial charge >= 0.3 is 0 Å². The lowest BCUT2D eigenvalue weighted by atomic mass is 9.98. The van der Waals surface area contributed by atoms with Crippen molar-refractivity contribution in [3.05, 3.63) is 57.8 Å². The average molecular weight is 392 g/mol. The van der Waals surface area contributed by atoms with Crippen molar-refractivity contribution in [1.29, 1.82) is 0 Å². The lowest BCUT2D eigenvalue weighted by Crippen LogP contribution is -2.38. The van der Waals surface area contributed by atoms with Crippen LogP contribution in [0.2, 0.25) is 10.0 Å². The van der Waals surface area contributed by atoms with Gasteiger partial charge in [0.2, 0.25) is 0 Å². The molecule has 5 nitrogen and oxygen atoms in total. The van der Waals surface area contributed by atoms with E-state index in [9.17, 15) is 9.59 Å². The monoisotopic (exact) mass is 391 g/mol. The maximum atomic E-state index is 12.7. The number of piperidine rings is 1. The second-order valence-electron chi connectivity index (χ2n) is 6.49. The van der Waals surface area contributed by atoms with Gasteiger partial charge in [-0.1, -0.05) is 30.1 Å². The third-order valence-electron chi connectivity index (χ3n) is 4.49. The molecular formula is C19H19Cl2N3O2. The van der Waals surface area contributed by atoms with Crippen LogP contribution in [-0.2, 0) is 0 Å². The molecule has 1 aromatic heterocycles. The number of halogens is 2. The molecule has 1 aliphatic rings. The fourth-order valence-corrected chi connectivity index (χ4v) is 3.15. The quantitative estimate of drug-likeness (QED) is 0.836. The molecule has 1 N–H and O–H groups in total. The van der Waals surface area contributed by atoms with Crippen molar-refractivity contribution in [1.82, 2.24) is 9.88 Å². The number of likely N-dealkylation sites (tertiary alicyclic amines) is 1. The molecule has 3 rings (SSSR count). The number of pyridine rings is 1. The minimum Gasteiger partial charge on any atom is -0.339 e. The van der Waals surface area contributed by atoms with Crippen molar-refractivity contribution in [2.24, 2.45) is 5.92 Å². The summed E-state index contributed by atoms with van der Waals surface area (Å²) in [6, 6.07) is 7.97. The van der Waals surface area contributed by atoms with Gasteiger partial charge in [0.15, 0.2) is 0 Å². The maximum absolute atomic E-state index is 12.7. The Morgan fingerprint density at radius 3 is 2.54 bits per heavy atom. The van der Waals surface area contributed by atoms with Gasteiger partial charge in [0, 0.05) is 30.5 Å². The number of rotatable bonds is 3. The van der Waals surface area contributed by atoms with Crippen molar-refractivity contribution in [2.45, 2.75) is 19.8 Å². The Hall–Kier alpha value is -2.11. The van der Waals surface area contributed by atoms with Crippen molar-refractivity contribution in [3.63, 3.8) is 0 Å². The molecule has 1 aromatic carbocycles. The normalized spacial score (nSPS) is 15.0. The van der Waals surface area contributed by atoms with Crippen LogP contribution < -0.4 is 5.32 Å². The van der Waals surface area contributed by atoms with Gasteiger partial charge in [0.05, 0.1) is 10.0 Å². The first-order valence-corrected chi connectivity index (χ1v) is 9.21. The summed E-state index contributed by atoms with van der Waals surface area (Å²) in [4.78, 5) is 31.0. The lowest BCUT2D eigenvalue weighted by molar-refractivity contribution is 0.0697. The predicted molar refractivity (Wildman–Crippen MR) is 103 cm³/mol. The molecule has 2 amide bonds. The molecule has 136 valence electrons. The van der Waals surface area contributed by atoms with Gasteiger partial charge in [-0.3, -0.25) is 14.6 Å². The fourth-order valence-electron chi connectivity index (χ4n) is 2.85. The molecule has 0 radical (unpaired) electrons. The minimum atomic E-state index is -0.412. The molecule has 1 saturated heterocycles. The van der Waals surface area contributed by atoms with E-state index in [1.54, 1.807) is 24.3 Å². The van der Waals surface area contributed by atoms with E-state index in [0.717, 1.165) is 25.9 Å². The van der Waals surface area contributed by atoms with E-state index in [-0.39, 0.29) is 11.6 Å². The number of nitrogens with zero attached hydrogens (tertiary/aromatic N) is 2. The van der Waals surface area contributed by atoms with E-state index in [1.807, 2.05) is 4.90 Å². The number of nitrogens with one attached hydrogen (secondary N) is 1.